The number of aromatic hydroxyl groups is 1. The average molecular weight is 181 g/mol. The third kappa shape index (κ3) is 1.86. The third-order valence-electron chi connectivity index (χ3n) is 2.00. The second-order valence-corrected chi connectivity index (χ2v) is 3.31. The van der Waals surface area contributed by atoms with E-state index < -0.39 is 0 Å². The maximum absolute atomic E-state index is 9.61. The van der Waals surface area contributed by atoms with Gasteiger partial charge < -0.3 is 15.6 Å². The highest BCUT2D eigenvalue weighted by Crippen LogP contribution is 2.34. The number of phenols is 1. The summed E-state index contributed by atoms with van der Waals surface area (Å²) in [5, 5.41) is 9.61. The van der Waals surface area contributed by atoms with Crippen molar-refractivity contribution >= 4 is 5.69 Å². The normalized spacial score (nSPS) is 10.5. The highest BCUT2D eigenvalue weighted by atomic mass is 16.5. The van der Waals surface area contributed by atoms with Gasteiger partial charge in [0.05, 0.1) is 12.8 Å². The van der Waals surface area contributed by atoms with Crippen LogP contribution in [0.4, 0.5) is 5.69 Å². The lowest BCUT2D eigenvalue weighted by Crippen LogP contribution is -1.95. The Bertz CT molecular complexity index is 308. The first-order chi connectivity index (χ1) is 6.06. The van der Waals surface area contributed by atoms with Gasteiger partial charge >= 0.3 is 0 Å². The fourth-order valence-corrected chi connectivity index (χ4v) is 1.21. The molecule has 0 radical (unpaired) electrons. The number of hydrogen-bond donors (Lipinski definition) is 2. The van der Waals surface area contributed by atoms with E-state index in [2.05, 4.69) is 0 Å². The molecule has 0 spiro atoms. The zero-order valence-electron chi connectivity index (χ0n) is 8.16. The summed E-state index contributed by atoms with van der Waals surface area (Å²) in [5.41, 5.74) is 6.79. The molecule has 0 unspecified atom stereocenters. The van der Waals surface area contributed by atoms with Gasteiger partial charge in [0.2, 0.25) is 0 Å². The van der Waals surface area contributed by atoms with Crippen LogP contribution in [0.2, 0.25) is 0 Å². The molecule has 1 aromatic carbocycles. The van der Waals surface area contributed by atoms with Crippen molar-refractivity contribution in [2.45, 2.75) is 19.8 Å². The quantitative estimate of drug-likeness (QED) is 0.542. The summed E-state index contributed by atoms with van der Waals surface area (Å²) >= 11 is 0. The van der Waals surface area contributed by atoms with Gasteiger partial charge in [-0.1, -0.05) is 13.8 Å². The Kier molecular flexibility index (Phi) is 2.66. The lowest BCUT2D eigenvalue weighted by Gasteiger charge is -2.12. The minimum atomic E-state index is 0.163. The molecule has 0 atom stereocenters. The molecule has 3 heteroatoms. The molecule has 0 heterocycles. The van der Waals surface area contributed by atoms with E-state index in [4.69, 9.17) is 10.5 Å². The number of ether oxygens (including phenoxy) is 1. The number of rotatable bonds is 2. The van der Waals surface area contributed by atoms with Crippen LogP contribution < -0.4 is 10.5 Å². The predicted octanol–water partition coefficient (Wildman–Crippen LogP) is 2.11. The topological polar surface area (TPSA) is 55.5 Å². The van der Waals surface area contributed by atoms with Gasteiger partial charge in [0.1, 0.15) is 11.5 Å². The average Bonchev–Trinajstić information content (AvgIpc) is 2.09. The molecule has 0 saturated heterocycles. The van der Waals surface area contributed by atoms with E-state index in [-0.39, 0.29) is 11.7 Å². The van der Waals surface area contributed by atoms with Crippen LogP contribution in [0, 0.1) is 0 Å². The summed E-state index contributed by atoms with van der Waals surface area (Å²) in [6, 6.07) is 3.41. The second-order valence-electron chi connectivity index (χ2n) is 3.31. The molecule has 0 aliphatic heterocycles. The number of phenolic OH excluding ortho intramolecular Hbond substituents is 1. The van der Waals surface area contributed by atoms with E-state index >= 15 is 0 Å². The third-order valence-corrected chi connectivity index (χ3v) is 2.00. The molecule has 0 aliphatic rings. The van der Waals surface area contributed by atoms with Gasteiger partial charge in [-0.15, -0.1) is 0 Å². The van der Waals surface area contributed by atoms with E-state index in [0.29, 0.717) is 11.4 Å². The minimum Gasteiger partial charge on any atom is -0.505 e. The molecule has 1 rings (SSSR count). The van der Waals surface area contributed by atoms with Crippen LogP contribution in [0.1, 0.15) is 25.3 Å². The molecule has 0 bridgehead atoms. The summed E-state index contributed by atoms with van der Waals surface area (Å²) < 4.78 is 5.05. The Hall–Kier alpha value is -1.38. The molecule has 1 aromatic rings. The van der Waals surface area contributed by atoms with Crippen LogP contribution in [-0.4, -0.2) is 12.2 Å². The Balaban J connectivity index is 3.25. The maximum atomic E-state index is 9.61. The van der Waals surface area contributed by atoms with E-state index in [1.807, 2.05) is 13.8 Å². The van der Waals surface area contributed by atoms with Crippen molar-refractivity contribution in [3.63, 3.8) is 0 Å². The van der Waals surface area contributed by atoms with Gasteiger partial charge in [0, 0.05) is 11.6 Å². The van der Waals surface area contributed by atoms with Gasteiger partial charge in [0.15, 0.2) is 0 Å². The molecule has 0 amide bonds. The van der Waals surface area contributed by atoms with Crippen molar-refractivity contribution < 1.29 is 9.84 Å². The van der Waals surface area contributed by atoms with Crippen molar-refractivity contribution in [3.8, 4) is 11.5 Å². The van der Waals surface area contributed by atoms with Crippen LogP contribution in [0.15, 0.2) is 12.1 Å². The van der Waals surface area contributed by atoms with Crippen molar-refractivity contribution in [3.05, 3.63) is 17.7 Å². The van der Waals surface area contributed by atoms with Gasteiger partial charge in [-0.3, -0.25) is 0 Å². The molecule has 72 valence electrons. The highest BCUT2D eigenvalue weighted by Gasteiger charge is 2.10. The Labute approximate surface area is 78.1 Å². The molecule has 13 heavy (non-hydrogen) atoms. The van der Waals surface area contributed by atoms with Gasteiger partial charge in [0.25, 0.3) is 0 Å². The predicted molar refractivity (Wildman–Crippen MR) is 53.2 cm³/mol. The maximum Gasteiger partial charge on any atom is 0.142 e. The van der Waals surface area contributed by atoms with Gasteiger partial charge in [-0.05, 0) is 12.0 Å². The number of hydrogen-bond acceptors (Lipinski definition) is 3. The summed E-state index contributed by atoms with van der Waals surface area (Å²) in [5.74, 6) is 1.08. The van der Waals surface area contributed by atoms with Crippen molar-refractivity contribution in [1.82, 2.24) is 0 Å². The fraction of sp³-hybridized carbons (Fsp3) is 0.400. The van der Waals surface area contributed by atoms with E-state index in [9.17, 15) is 5.11 Å². The molecule has 3 nitrogen and oxygen atoms in total. The van der Waals surface area contributed by atoms with Crippen molar-refractivity contribution in [1.29, 1.82) is 0 Å². The van der Waals surface area contributed by atoms with Crippen LogP contribution in [-0.2, 0) is 0 Å². The molecular formula is C10H15NO2. The zero-order valence-corrected chi connectivity index (χ0v) is 8.16. The van der Waals surface area contributed by atoms with Crippen molar-refractivity contribution in [2.75, 3.05) is 12.8 Å². The summed E-state index contributed by atoms with van der Waals surface area (Å²) in [6.45, 7) is 3.99. The van der Waals surface area contributed by atoms with Crippen LogP contribution in [0.25, 0.3) is 0 Å². The lowest BCUT2D eigenvalue weighted by atomic mass is 10.0. The Morgan fingerprint density at radius 1 is 1.38 bits per heavy atom. The number of nitrogens with two attached hydrogens (primary N) is 1. The van der Waals surface area contributed by atoms with Gasteiger partial charge in [-0.25, -0.2) is 0 Å². The van der Waals surface area contributed by atoms with Crippen LogP contribution in [0.5, 0.6) is 11.5 Å². The van der Waals surface area contributed by atoms with Crippen LogP contribution >= 0.6 is 0 Å². The van der Waals surface area contributed by atoms with Crippen LogP contribution in [0.3, 0.4) is 0 Å². The standard InChI is InChI=1S/C10H15NO2/c1-6(2)8-4-7(13-3)5-9(11)10(8)12/h4-6,12H,11H2,1-3H3. The van der Waals surface area contributed by atoms with E-state index in [0.717, 1.165) is 5.56 Å². The number of benzene rings is 1. The lowest BCUT2D eigenvalue weighted by molar-refractivity contribution is 0.411. The second kappa shape index (κ2) is 3.56. The number of nitrogen functional groups attached to an aromatic ring is 1. The Morgan fingerprint density at radius 3 is 2.46 bits per heavy atom. The summed E-state index contributed by atoms with van der Waals surface area (Å²) in [7, 11) is 1.58. The van der Waals surface area contributed by atoms with E-state index in [1.54, 1.807) is 19.2 Å². The summed E-state index contributed by atoms with van der Waals surface area (Å²) in [6.07, 6.45) is 0. The molecule has 0 fully saturated rings. The first-order valence-electron chi connectivity index (χ1n) is 4.22. The first-order valence-corrected chi connectivity index (χ1v) is 4.22. The fourth-order valence-electron chi connectivity index (χ4n) is 1.21. The first kappa shape index (κ1) is 9.71. The number of anilines is 1. The molecular weight excluding hydrogens is 166 g/mol. The summed E-state index contributed by atoms with van der Waals surface area (Å²) in [4.78, 5) is 0. The number of methoxy groups -OCH3 is 1. The molecule has 0 aliphatic carbocycles. The SMILES string of the molecule is COc1cc(N)c(O)c(C(C)C)c1. The van der Waals surface area contributed by atoms with Crippen molar-refractivity contribution in [2.24, 2.45) is 0 Å². The molecule has 0 saturated carbocycles. The molecule has 3 N–H and O–H groups in total. The van der Waals surface area contributed by atoms with E-state index in [1.165, 1.54) is 0 Å². The Morgan fingerprint density at radius 2 is 2.00 bits per heavy atom. The van der Waals surface area contributed by atoms with Gasteiger partial charge in [-0.2, -0.15) is 0 Å². The minimum absolute atomic E-state index is 0.163. The highest BCUT2D eigenvalue weighted by molar-refractivity contribution is 5.60. The smallest absolute Gasteiger partial charge is 0.142 e. The monoisotopic (exact) mass is 181 g/mol. The molecule has 0 aromatic heterocycles. The largest absolute Gasteiger partial charge is 0.505 e. The zero-order chi connectivity index (χ0) is 10.0.